The van der Waals surface area contributed by atoms with E-state index in [4.69, 9.17) is 4.74 Å². The zero-order valence-electron chi connectivity index (χ0n) is 20.2. The average molecular weight is 483 g/mol. The van der Waals surface area contributed by atoms with E-state index in [-0.39, 0.29) is 17.4 Å². The Labute approximate surface area is 209 Å². The predicted molar refractivity (Wildman–Crippen MR) is 137 cm³/mol. The van der Waals surface area contributed by atoms with Gasteiger partial charge in [-0.25, -0.2) is 4.39 Å². The summed E-state index contributed by atoms with van der Waals surface area (Å²) in [5, 5.41) is 6.07. The van der Waals surface area contributed by atoms with Gasteiger partial charge in [0.25, 0.3) is 5.91 Å². The molecule has 3 aromatic carbocycles. The van der Waals surface area contributed by atoms with E-state index in [9.17, 15) is 14.0 Å². The Kier molecular flexibility index (Phi) is 6.42. The number of halogens is 1. The fraction of sp³-hybridized carbons (Fsp3) is 0.200. The fourth-order valence-corrected chi connectivity index (χ4v) is 5.21. The summed E-state index contributed by atoms with van der Waals surface area (Å²) in [6, 6.07) is 23.5. The Balaban J connectivity index is 1.59. The molecule has 5 rings (SSSR count). The molecule has 0 radical (unpaired) electrons. The lowest BCUT2D eigenvalue weighted by atomic mass is 9.71. The first-order valence-corrected chi connectivity index (χ1v) is 11.9. The molecule has 0 fully saturated rings. The average Bonchev–Trinajstić information content (AvgIpc) is 2.89. The highest BCUT2D eigenvalue weighted by Crippen LogP contribution is 2.46. The zero-order chi connectivity index (χ0) is 25.2. The number of amides is 1. The monoisotopic (exact) mass is 482 g/mol. The van der Waals surface area contributed by atoms with E-state index in [2.05, 4.69) is 10.6 Å². The molecule has 0 bridgehead atoms. The summed E-state index contributed by atoms with van der Waals surface area (Å²) >= 11 is 0. The minimum atomic E-state index is -0.604. The number of rotatable bonds is 5. The van der Waals surface area contributed by atoms with Gasteiger partial charge in [-0.05, 0) is 54.7 Å². The van der Waals surface area contributed by atoms with Gasteiger partial charge in [0.05, 0.1) is 12.8 Å². The van der Waals surface area contributed by atoms with E-state index in [1.54, 1.807) is 19.2 Å². The number of hydrogen-bond donors (Lipinski definition) is 2. The highest BCUT2D eigenvalue weighted by Gasteiger charge is 2.41. The molecule has 2 aliphatic rings. The van der Waals surface area contributed by atoms with E-state index in [1.807, 2.05) is 61.5 Å². The third kappa shape index (κ3) is 4.42. The maximum absolute atomic E-state index is 14.3. The molecule has 1 aliphatic heterocycles. The van der Waals surface area contributed by atoms with Crippen LogP contribution in [0.4, 0.5) is 10.1 Å². The van der Waals surface area contributed by atoms with Crippen LogP contribution in [0.15, 0.2) is 101 Å². The SMILES string of the molecule is COc1cccc(C2C(C(=O)Nc3ccccc3F)=C(C)NC3=C2C(=O)CC(c2ccccc2)C3)c1. The summed E-state index contributed by atoms with van der Waals surface area (Å²) in [6.07, 6.45) is 1.01. The molecule has 1 heterocycles. The third-order valence-corrected chi connectivity index (χ3v) is 6.89. The number of carbonyl (C=O) groups excluding carboxylic acids is 2. The number of ketones is 1. The predicted octanol–water partition coefficient (Wildman–Crippen LogP) is 5.83. The molecule has 2 atom stereocenters. The fourth-order valence-electron chi connectivity index (χ4n) is 5.21. The van der Waals surface area contributed by atoms with Crippen molar-refractivity contribution in [2.24, 2.45) is 0 Å². The van der Waals surface area contributed by atoms with E-state index in [0.29, 0.717) is 35.4 Å². The molecule has 6 heteroatoms. The quantitative estimate of drug-likeness (QED) is 0.480. The van der Waals surface area contributed by atoms with Crippen molar-refractivity contribution >= 4 is 17.4 Å². The summed E-state index contributed by atoms with van der Waals surface area (Å²) < 4.78 is 19.8. The first-order chi connectivity index (χ1) is 17.5. The minimum absolute atomic E-state index is 0.00545. The molecule has 3 aromatic rings. The van der Waals surface area contributed by atoms with Crippen LogP contribution in [-0.2, 0) is 9.59 Å². The van der Waals surface area contributed by atoms with Gasteiger partial charge in [0, 0.05) is 34.9 Å². The molecule has 0 spiro atoms. The van der Waals surface area contributed by atoms with Crippen LogP contribution in [0.25, 0.3) is 0 Å². The number of ether oxygens (including phenoxy) is 1. The highest BCUT2D eigenvalue weighted by molar-refractivity contribution is 6.10. The smallest absolute Gasteiger partial charge is 0.254 e. The van der Waals surface area contributed by atoms with Gasteiger partial charge >= 0.3 is 0 Å². The number of dihydropyridines is 1. The molecule has 0 saturated heterocycles. The second kappa shape index (κ2) is 9.82. The van der Waals surface area contributed by atoms with Gasteiger partial charge in [0.15, 0.2) is 5.78 Å². The van der Waals surface area contributed by atoms with Crippen molar-refractivity contribution in [1.29, 1.82) is 0 Å². The largest absolute Gasteiger partial charge is 0.497 e. The number of benzene rings is 3. The van der Waals surface area contributed by atoms with Gasteiger partial charge in [-0.1, -0.05) is 54.6 Å². The first-order valence-electron chi connectivity index (χ1n) is 11.9. The second-order valence-corrected chi connectivity index (χ2v) is 9.14. The van der Waals surface area contributed by atoms with Crippen molar-refractivity contribution in [2.75, 3.05) is 12.4 Å². The molecule has 5 nitrogen and oxygen atoms in total. The van der Waals surface area contributed by atoms with Crippen LogP contribution >= 0.6 is 0 Å². The summed E-state index contributed by atoms with van der Waals surface area (Å²) in [5.74, 6) is -0.906. The number of methoxy groups -OCH3 is 1. The first kappa shape index (κ1) is 23.5. The van der Waals surface area contributed by atoms with Gasteiger partial charge in [0.2, 0.25) is 0 Å². The van der Waals surface area contributed by atoms with Crippen molar-refractivity contribution < 1.29 is 18.7 Å². The second-order valence-electron chi connectivity index (χ2n) is 9.14. The van der Waals surface area contributed by atoms with E-state index >= 15 is 0 Å². The molecule has 0 saturated carbocycles. The van der Waals surface area contributed by atoms with Crippen LogP contribution in [-0.4, -0.2) is 18.8 Å². The van der Waals surface area contributed by atoms with Gasteiger partial charge in [0.1, 0.15) is 11.6 Å². The van der Waals surface area contributed by atoms with Crippen LogP contribution in [0.3, 0.4) is 0 Å². The number of Topliss-reactive ketones (excluding diaryl/α,β-unsaturated/α-hetero) is 1. The highest BCUT2D eigenvalue weighted by atomic mass is 19.1. The van der Waals surface area contributed by atoms with Crippen molar-refractivity contribution in [2.45, 2.75) is 31.6 Å². The molecule has 1 aliphatic carbocycles. The number of carbonyl (C=O) groups is 2. The Bertz CT molecular complexity index is 1390. The molecule has 0 aromatic heterocycles. The molecule has 2 N–H and O–H groups in total. The molecule has 182 valence electrons. The molecular formula is C30H27FN2O3. The zero-order valence-corrected chi connectivity index (χ0v) is 20.2. The molecule has 1 amide bonds. The van der Waals surface area contributed by atoms with Gasteiger partial charge in [-0.2, -0.15) is 0 Å². The third-order valence-electron chi connectivity index (χ3n) is 6.89. The van der Waals surface area contributed by atoms with Crippen LogP contribution in [0.2, 0.25) is 0 Å². The molecule has 36 heavy (non-hydrogen) atoms. The Hall–Kier alpha value is -4.19. The lowest BCUT2D eigenvalue weighted by Crippen LogP contribution is -2.37. The number of nitrogens with one attached hydrogen (secondary N) is 2. The Morgan fingerprint density at radius 3 is 2.44 bits per heavy atom. The summed E-state index contributed by atoms with van der Waals surface area (Å²) in [4.78, 5) is 27.3. The summed E-state index contributed by atoms with van der Waals surface area (Å²) in [7, 11) is 1.58. The topological polar surface area (TPSA) is 67.4 Å². The van der Waals surface area contributed by atoms with Crippen LogP contribution in [0.1, 0.15) is 42.7 Å². The Morgan fingerprint density at radius 2 is 1.69 bits per heavy atom. The minimum Gasteiger partial charge on any atom is -0.497 e. The van der Waals surface area contributed by atoms with E-state index < -0.39 is 17.6 Å². The summed E-state index contributed by atoms with van der Waals surface area (Å²) in [6.45, 7) is 1.82. The molecular weight excluding hydrogens is 455 g/mol. The van der Waals surface area contributed by atoms with Crippen LogP contribution in [0, 0.1) is 5.82 Å². The van der Waals surface area contributed by atoms with Crippen molar-refractivity contribution in [3.8, 4) is 5.75 Å². The number of para-hydroxylation sites is 1. The van der Waals surface area contributed by atoms with Crippen molar-refractivity contribution in [3.63, 3.8) is 0 Å². The van der Waals surface area contributed by atoms with Gasteiger partial charge in [-0.3, -0.25) is 9.59 Å². The lowest BCUT2D eigenvalue weighted by molar-refractivity contribution is -0.116. The normalized spacial score (nSPS) is 19.5. The maximum Gasteiger partial charge on any atom is 0.254 e. The number of anilines is 1. The van der Waals surface area contributed by atoms with E-state index in [0.717, 1.165) is 16.8 Å². The van der Waals surface area contributed by atoms with Crippen LogP contribution < -0.4 is 15.4 Å². The van der Waals surface area contributed by atoms with Crippen molar-refractivity contribution in [1.82, 2.24) is 5.32 Å². The maximum atomic E-state index is 14.3. The standard InChI is InChI=1S/C30H27FN2O3/c1-18-27(30(35)33-24-14-7-6-13-23(24)31)28(20-11-8-12-22(15-20)36-2)29-25(32-18)16-21(17-26(29)34)19-9-4-3-5-10-19/h3-15,21,28,32H,16-17H2,1-2H3,(H,33,35). The van der Waals surface area contributed by atoms with Gasteiger partial charge < -0.3 is 15.4 Å². The lowest BCUT2D eigenvalue weighted by Gasteiger charge is -2.37. The van der Waals surface area contributed by atoms with Gasteiger partial charge in [-0.15, -0.1) is 0 Å². The van der Waals surface area contributed by atoms with E-state index in [1.165, 1.54) is 12.1 Å². The summed E-state index contributed by atoms with van der Waals surface area (Å²) in [5.41, 5.74) is 4.40. The van der Waals surface area contributed by atoms with Crippen LogP contribution in [0.5, 0.6) is 5.75 Å². The Morgan fingerprint density at radius 1 is 0.972 bits per heavy atom. The van der Waals surface area contributed by atoms with Crippen molar-refractivity contribution in [3.05, 3.63) is 118 Å². The number of allylic oxidation sites excluding steroid dienone is 3. The number of hydrogen-bond acceptors (Lipinski definition) is 4. The molecule has 2 unspecified atom stereocenters.